The first-order valence-electron chi connectivity index (χ1n) is 7.30. The summed E-state index contributed by atoms with van der Waals surface area (Å²) in [5.41, 5.74) is 7.46. The number of hydrogen-bond acceptors (Lipinski definition) is 4. The van der Waals surface area contributed by atoms with Gasteiger partial charge in [-0.2, -0.15) is 0 Å². The molecule has 4 heteroatoms. The SMILES string of the molecule is Nc1ccc2nc(NCC3CCCCC3O)ccc2c1. The average Bonchev–Trinajstić information content (AvgIpc) is 2.46. The van der Waals surface area contributed by atoms with Gasteiger partial charge < -0.3 is 16.2 Å². The number of nitrogens with two attached hydrogens (primary N) is 1. The molecule has 0 bridgehead atoms. The minimum absolute atomic E-state index is 0.170. The van der Waals surface area contributed by atoms with Crippen molar-refractivity contribution >= 4 is 22.4 Å². The molecule has 4 nitrogen and oxygen atoms in total. The Kier molecular flexibility index (Phi) is 3.74. The maximum atomic E-state index is 9.97. The molecular weight excluding hydrogens is 250 g/mol. The summed E-state index contributed by atoms with van der Waals surface area (Å²) in [6, 6.07) is 9.72. The minimum atomic E-state index is -0.170. The second-order valence-corrected chi connectivity index (χ2v) is 5.64. The van der Waals surface area contributed by atoms with Crippen LogP contribution in [-0.2, 0) is 0 Å². The minimum Gasteiger partial charge on any atom is -0.399 e. The zero-order valence-electron chi connectivity index (χ0n) is 11.5. The molecule has 1 aliphatic rings. The molecule has 2 atom stereocenters. The lowest BCUT2D eigenvalue weighted by molar-refractivity contribution is 0.0763. The lowest BCUT2D eigenvalue weighted by Gasteiger charge is -2.27. The Hall–Kier alpha value is -1.81. The molecule has 1 aliphatic carbocycles. The van der Waals surface area contributed by atoms with Gasteiger partial charge in [-0.1, -0.05) is 12.8 Å². The van der Waals surface area contributed by atoms with Crippen molar-refractivity contribution in [3.8, 4) is 0 Å². The Morgan fingerprint density at radius 3 is 2.90 bits per heavy atom. The van der Waals surface area contributed by atoms with Crippen LogP contribution in [0.15, 0.2) is 30.3 Å². The lowest BCUT2D eigenvalue weighted by Crippen LogP contribution is -2.30. The van der Waals surface area contributed by atoms with Crippen LogP contribution in [0, 0.1) is 5.92 Å². The lowest BCUT2D eigenvalue weighted by atomic mass is 9.86. The van der Waals surface area contributed by atoms with Gasteiger partial charge in [-0.15, -0.1) is 0 Å². The van der Waals surface area contributed by atoms with Crippen LogP contribution in [0.2, 0.25) is 0 Å². The van der Waals surface area contributed by atoms with Crippen LogP contribution in [-0.4, -0.2) is 22.7 Å². The molecule has 4 N–H and O–H groups in total. The second kappa shape index (κ2) is 5.67. The molecule has 20 heavy (non-hydrogen) atoms. The van der Waals surface area contributed by atoms with E-state index in [2.05, 4.69) is 10.3 Å². The molecule has 1 aromatic carbocycles. The molecule has 1 fully saturated rings. The van der Waals surface area contributed by atoms with Crippen molar-refractivity contribution in [1.29, 1.82) is 0 Å². The highest BCUT2D eigenvalue weighted by Gasteiger charge is 2.22. The number of rotatable bonds is 3. The molecule has 1 aromatic heterocycles. The first-order chi connectivity index (χ1) is 9.72. The highest BCUT2D eigenvalue weighted by molar-refractivity contribution is 5.83. The van der Waals surface area contributed by atoms with E-state index in [1.165, 1.54) is 6.42 Å². The number of aromatic nitrogens is 1. The van der Waals surface area contributed by atoms with Crippen molar-refractivity contribution in [3.05, 3.63) is 30.3 Å². The fourth-order valence-corrected chi connectivity index (χ4v) is 2.90. The van der Waals surface area contributed by atoms with E-state index in [0.717, 1.165) is 48.2 Å². The van der Waals surface area contributed by atoms with Crippen molar-refractivity contribution in [2.45, 2.75) is 31.8 Å². The zero-order chi connectivity index (χ0) is 13.9. The summed E-state index contributed by atoms with van der Waals surface area (Å²) < 4.78 is 0. The normalized spacial score (nSPS) is 22.9. The van der Waals surface area contributed by atoms with Gasteiger partial charge in [-0.05, 0) is 43.2 Å². The van der Waals surface area contributed by atoms with E-state index in [1.807, 2.05) is 30.3 Å². The van der Waals surface area contributed by atoms with Gasteiger partial charge in [0, 0.05) is 23.5 Å². The van der Waals surface area contributed by atoms with Crippen LogP contribution in [0.3, 0.4) is 0 Å². The van der Waals surface area contributed by atoms with Crippen LogP contribution in [0.4, 0.5) is 11.5 Å². The molecule has 0 aliphatic heterocycles. The Balaban J connectivity index is 1.69. The van der Waals surface area contributed by atoms with Gasteiger partial charge >= 0.3 is 0 Å². The van der Waals surface area contributed by atoms with Crippen LogP contribution < -0.4 is 11.1 Å². The van der Waals surface area contributed by atoms with Gasteiger partial charge in [0.15, 0.2) is 0 Å². The monoisotopic (exact) mass is 271 g/mol. The van der Waals surface area contributed by atoms with Crippen LogP contribution in [0.5, 0.6) is 0 Å². The first-order valence-corrected chi connectivity index (χ1v) is 7.30. The van der Waals surface area contributed by atoms with E-state index in [4.69, 9.17) is 5.73 Å². The highest BCUT2D eigenvalue weighted by atomic mass is 16.3. The standard InChI is InChI=1S/C16H21N3O/c17-13-6-7-14-11(9-13)5-8-16(19-14)18-10-12-3-1-2-4-15(12)20/h5-9,12,15,20H,1-4,10,17H2,(H,18,19). The molecule has 2 aromatic rings. The van der Waals surface area contributed by atoms with E-state index in [9.17, 15) is 5.11 Å². The number of nitrogens with one attached hydrogen (secondary N) is 1. The van der Waals surface area contributed by atoms with E-state index in [-0.39, 0.29) is 6.10 Å². The summed E-state index contributed by atoms with van der Waals surface area (Å²) >= 11 is 0. The number of nitrogens with zero attached hydrogens (tertiary/aromatic N) is 1. The molecule has 2 unspecified atom stereocenters. The fourth-order valence-electron chi connectivity index (χ4n) is 2.90. The summed E-state index contributed by atoms with van der Waals surface area (Å²) in [6.07, 6.45) is 4.22. The van der Waals surface area contributed by atoms with Gasteiger partial charge in [-0.3, -0.25) is 0 Å². The molecule has 0 spiro atoms. The van der Waals surface area contributed by atoms with Crippen molar-refractivity contribution in [1.82, 2.24) is 4.98 Å². The largest absolute Gasteiger partial charge is 0.399 e. The van der Waals surface area contributed by atoms with Gasteiger partial charge in [0.25, 0.3) is 0 Å². The molecular formula is C16H21N3O. The molecule has 106 valence electrons. The number of hydrogen-bond donors (Lipinski definition) is 3. The third-order valence-electron chi connectivity index (χ3n) is 4.13. The number of aliphatic hydroxyl groups is 1. The summed E-state index contributed by atoms with van der Waals surface area (Å²) in [5.74, 6) is 1.20. The predicted octanol–water partition coefficient (Wildman–Crippen LogP) is 2.78. The van der Waals surface area contributed by atoms with Crippen molar-refractivity contribution in [3.63, 3.8) is 0 Å². The fraction of sp³-hybridized carbons (Fsp3) is 0.438. The molecule has 0 radical (unpaired) electrons. The van der Waals surface area contributed by atoms with E-state index >= 15 is 0 Å². The van der Waals surface area contributed by atoms with Crippen molar-refractivity contribution in [2.24, 2.45) is 5.92 Å². The number of fused-ring (bicyclic) bond motifs is 1. The summed E-state index contributed by atoms with van der Waals surface area (Å²) in [5, 5.41) is 14.4. The van der Waals surface area contributed by atoms with Crippen LogP contribution in [0.25, 0.3) is 10.9 Å². The Labute approximate surface area is 119 Å². The quantitative estimate of drug-likeness (QED) is 0.751. The zero-order valence-corrected chi connectivity index (χ0v) is 11.5. The summed E-state index contributed by atoms with van der Waals surface area (Å²) in [4.78, 5) is 4.58. The number of pyridine rings is 1. The summed E-state index contributed by atoms with van der Waals surface area (Å²) in [6.45, 7) is 0.786. The predicted molar refractivity (Wildman–Crippen MR) is 82.6 cm³/mol. The number of anilines is 2. The molecule has 0 saturated heterocycles. The highest BCUT2D eigenvalue weighted by Crippen LogP contribution is 2.25. The van der Waals surface area contributed by atoms with Gasteiger partial charge in [0.1, 0.15) is 5.82 Å². The van der Waals surface area contributed by atoms with E-state index < -0.39 is 0 Å². The van der Waals surface area contributed by atoms with Gasteiger partial charge in [-0.25, -0.2) is 4.98 Å². The Bertz CT molecular complexity index is 599. The first kappa shape index (κ1) is 13.2. The molecule has 1 heterocycles. The Morgan fingerprint density at radius 2 is 2.05 bits per heavy atom. The van der Waals surface area contributed by atoms with Crippen molar-refractivity contribution < 1.29 is 5.11 Å². The maximum Gasteiger partial charge on any atom is 0.126 e. The maximum absolute atomic E-state index is 9.97. The molecule has 1 saturated carbocycles. The van der Waals surface area contributed by atoms with Gasteiger partial charge in [0.2, 0.25) is 0 Å². The summed E-state index contributed by atoms with van der Waals surface area (Å²) in [7, 11) is 0. The molecule has 0 amide bonds. The van der Waals surface area contributed by atoms with E-state index in [1.54, 1.807) is 0 Å². The van der Waals surface area contributed by atoms with E-state index in [0.29, 0.717) is 5.92 Å². The van der Waals surface area contributed by atoms with Crippen LogP contribution >= 0.6 is 0 Å². The van der Waals surface area contributed by atoms with Gasteiger partial charge in [0.05, 0.1) is 11.6 Å². The number of benzene rings is 1. The number of nitrogen functional groups attached to an aromatic ring is 1. The van der Waals surface area contributed by atoms with Crippen molar-refractivity contribution in [2.75, 3.05) is 17.6 Å². The van der Waals surface area contributed by atoms with Crippen LogP contribution in [0.1, 0.15) is 25.7 Å². The average molecular weight is 271 g/mol. The topological polar surface area (TPSA) is 71.2 Å². The number of aliphatic hydroxyl groups excluding tert-OH is 1. The molecule has 3 rings (SSSR count). The third-order valence-corrected chi connectivity index (χ3v) is 4.13. The second-order valence-electron chi connectivity index (χ2n) is 5.64. The third kappa shape index (κ3) is 2.85. The smallest absolute Gasteiger partial charge is 0.126 e. The Morgan fingerprint density at radius 1 is 1.20 bits per heavy atom.